The van der Waals surface area contributed by atoms with E-state index < -0.39 is 0 Å². The molecule has 0 aliphatic carbocycles. The molecule has 5 heterocycles. The van der Waals surface area contributed by atoms with Gasteiger partial charge in [0.25, 0.3) is 0 Å². The molecule has 0 amide bonds. The molecule has 0 saturated carbocycles. The zero-order chi connectivity index (χ0) is 17.5. The molecule has 0 radical (unpaired) electrons. The third kappa shape index (κ3) is 3.15. The molecule has 1 N–H and O–H groups in total. The Morgan fingerprint density at radius 3 is 2.92 bits per heavy atom. The highest BCUT2D eigenvalue weighted by Gasteiger charge is 2.34. The third-order valence-corrected chi connectivity index (χ3v) is 6.47. The molecule has 6 nitrogen and oxygen atoms in total. The Balaban J connectivity index is 1.31. The van der Waals surface area contributed by atoms with E-state index >= 15 is 0 Å². The fourth-order valence-corrected chi connectivity index (χ4v) is 5.04. The molecule has 0 unspecified atom stereocenters. The van der Waals surface area contributed by atoms with E-state index in [4.69, 9.17) is 0 Å². The topological polar surface area (TPSA) is 60.9 Å². The van der Waals surface area contributed by atoms with Gasteiger partial charge in [-0.15, -0.1) is 0 Å². The van der Waals surface area contributed by atoms with Crippen molar-refractivity contribution >= 4 is 22.8 Å². The summed E-state index contributed by atoms with van der Waals surface area (Å²) in [5.41, 5.74) is 5.79. The molecule has 26 heavy (non-hydrogen) atoms. The van der Waals surface area contributed by atoms with Crippen LogP contribution in [0, 0.1) is 12.8 Å². The molecule has 0 spiro atoms. The van der Waals surface area contributed by atoms with E-state index in [0.29, 0.717) is 6.04 Å². The Morgan fingerprint density at radius 2 is 2.04 bits per heavy atom. The maximum absolute atomic E-state index is 4.50. The average molecular weight is 369 g/mol. The average Bonchev–Trinajstić information content (AvgIpc) is 3.16. The van der Waals surface area contributed by atoms with Crippen LogP contribution in [0.15, 0.2) is 24.5 Å². The van der Waals surface area contributed by atoms with Gasteiger partial charge in [0.2, 0.25) is 0 Å². The molecule has 2 atom stereocenters. The predicted octanol–water partition coefficient (Wildman–Crippen LogP) is 2.82. The lowest BCUT2D eigenvalue weighted by atomic mass is 9.94. The largest absolute Gasteiger partial charge is 0.348 e. The molecule has 3 aliphatic heterocycles. The number of hydrogen-bond acceptors (Lipinski definition) is 6. The Hall–Kier alpha value is -1.83. The summed E-state index contributed by atoms with van der Waals surface area (Å²) < 4.78 is 8.71. The Bertz CT molecular complexity index is 902. The van der Waals surface area contributed by atoms with Crippen molar-refractivity contribution in [2.75, 3.05) is 19.6 Å². The van der Waals surface area contributed by atoms with Gasteiger partial charge in [0.1, 0.15) is 11.0 Å². The van der Waals surface area contributed by atoms with Crippen LogP contribution in [0.2, 0.25) is 0 Å². The van der Waals surface area contributed by atoms with E-state index in [1.807, 2.05) is 6.33 Å². The predicted molar refractivity (Wildman–Crippen MR) is 103 cm³/mol. The highest BCUT2D eigenvalue weighted by atomic mass is 32.1. The second kappa shape index (κ2) is 6.72. The SMILES string of the molecule is Cc1[nH]cnc1CN1C[C@H]2CC[C@@H](C1)N(Cc1ccc3nsnc3c1)C2. The number of piperidine rings is 1. The number of hydrogen-bond donors (Lipinski definition) is 1. The van der Waals surface area contributed by atoms with E-state index in [0.717, 1.165) is 36.6 Å². The number of nitrogens with one attached hydrogen (secondary N) is 1. The first kappa shape index (κ1) is 16.4. The maximum Gasteiger partial charge on any atom is 0.105 e. The summed E-state index contributed by atoms with van der Waals surface area (Å²) in [7, 11) is 0. The number of aromatic amines is 1. The number of fused-ring (bicyclic) bond motifs is 5. The Kier molecular flexibility index (Phi) is 4.23. The minimum absolute atomic E-state index is 0.636. The quantitative estimate of drug-likeness (QED) is 0.767. The number of aromatic nitrogens is 4. The van der Waals surface area contributed by atoms with Gasteiger partial charge in [-0.25, -0.2) is 4.98 Å². The second-order valence-electron chi connectivity index (χ2n) is 7.78. The molecular weight excluding hydrogens is 344 g/mol. The van der Waals surface area contributed by atoms with Gasteiger partial charge < -0.3 is 4.98 Å². The van der Waals surface area contributed by atoms with Gasteiger partial charge >= 0.3 is 0 Å². The standard InChI is InChI=1S/C19H24N6S/c1-13-19(21-12-20-13)11-24-7-15-2-4-16(10-24)25(9-15)8-14-3-5-17-18(6-14)23-26-22-17/h3,5-6,12,15-16H,2,4,7-11H2,1H3,(H,20,21)/t15-,16+/m1/s1. The van der Waals surface area contributed by atoms with Crippen molar-refractivity contribution in [1.82, 2.24) is 28.5 Å². The molecule has 7 heteroatoms. The molecule has 3 aromatic rings. The lowest BCUT2D eigenvalue weighted by molar-refractivity contribution is 0.123. The normalized spacial score (nSPS) is 24.3. The maximum atomic E-state index is 4.50. The summed E-state index contributed by atoms with van der Waals surface area (Å²) in [6, 6.07) is 7.17. The van der Waals surface area contributed by atoms with Crippen LogP contribution in [0.25, 0.3) is 11.0 Å². The third-order valence-electron chi connectivity index (χ3n) is 5.91. The van der Waals surface area contributed by atoms with Crippen LogP contribution in [-0.2, 0) is 13.1 Å². The zero-order valence-electron chi connectivity index (χ0n) is 15.1. The van der Waals surface area contributed by atoms with Gasteiger partial charge in [-0.2, -0.15) is 8.75 Å². The highest BCUT2D eigenvalue weighted by Crippen LogP contribution is 2.30. The van der Waals surface area contributed by atoms with Gasteiger partial charge in [-0.1, -0.05) is 6.07 Å². The van der Waals surface area contributed by atoms with Crippen molar-refractivity contribution in [2.45, 2.75) is 38.9 Å². The van der Waals surface area contributed by atoms with Gasteiger partial charge in [0.05, 0.1) is 23.7 Å². The number of imidazole rings is 1. The number of H-pyrrole nitrogens is 1. The summed E-state index contributed by atoms with van der Waals surface area (Å²) in [4.78, 5) is 13.0. The molecule has 3 fully saturated rings. The first-order valence-electron chi connectivity index (χ1n) is 9.41. The number of rotatable bonds is 4. The fraction of sp³-hybridized carbons (Fsp3) is 0.526. The van der Waals surface area contributed by atoms with Crippen LogP contribution in [0.3, 0.4) is 0 Å². The van der Waals surface area contributed by atoms with Gasteiger partial charge in [0, 0.05) is 44.5 Å². The van der Waals surface area contributed by atoms with Crippen LogP contribution in [0.4, 0.5) is 0 Å². The summed E-state index contributed by atoms with van der Waals surface area (Å²) in [5.74, 6) is 0.762. The summed E-state index contributed by atoms with van der Waals surface area (Å²) in [6.07, 6.45) is 4.47. The Labute approximate surface area is 157 Å². The van der Waals surface area contributed by atoms with Crippen LogP contribution in [0.1, 0.15) is 29.8 Å². The lowest BCUT2D eigenvalue weighted by Crippen LogP contribution is -2.43. The van der Waals surface area contributed by atoms with Crippen molar-refractivity contribution in [3.63, 3.8) is 0 Å². The van der Waals surface area contributed by atoms with E-state index in [9.17, 15) is 0 Å². The van der Waals surface area contributed by atoms with Crippen molar-refractivity contribution in [3.05, 3.63) is 41.5 Å². The fourth-order valence-electron chi connectivity index (χ4n) is 4.52. The second-order valence-corrected chi connectivity index (χ2v) is 8.31. The van der Waals surface area contributed by atoms with Crippen molar-refractivity contribution in [2.24, 2.45) is 5.92 Å². The minimum atomic E-state index is 0.636. The van der Waals surface area contributed by atoms with Crippen molar-refractivity contribution < 1.29 is 0 Å². The summed E-state index contributed by atoms with van der Waals surface area (Å²) >= 11 is 1.30. The van der Waals surface area contributed by atoms with Crippen LogP contribution >= 0.6 is 11.7 Å². The number of nitrogens with zero attached hydrogens (tertiary/aromatic N) is 5. The number of aryl methyl sites for hydroxylation is 1. The van der Waals surface area contributed by atoms with E-state index in [2.05, 4.69) is 53.6 Å². The van der Waals surface area contributed by atoms with Gasteiger partial charge in [-0.05, 0) is 43.4 Å². The van der Waals surface area contributed by atoms with E-state index in [-0.39, 0.29) is 0 Å². The minimum Gasteiger partial charge on any atom is -0.348 e. The molecule has 1 aromatic carbocycles. The van der Waals surface area contributed by atoms with Crippen LogP contribution in [0.5, 0.6) is 0 Å². The molecular formula is C19H24N6S. The van der Waals surface area contributed by atoms with Gasteiger partial charge in [0.15, 0.2) is 0 Å². The van der Waals surface area contributed by atoms with Crippen molar-refractivity contribution in [3.8, 4) is 0 Å². The first-order chi connectivity index (χ1) is 12.7. The van der Waals surface area contributed by atoms with Crippen LogP contribution in [-0.4, -0.2) is 54.2 Å². The molecule has 3 aliphatic rings. The molecule has 3 saturated heterocycles. The molecule has 2 bridgehead atoms. The van der Waals surface area contributed by atoms with Crippen LogP contribution < -0.4 is 0 Å². The smallest absolute Gasteiger partial charge is 0.105 e. The highest BCUT2D eigenvalue weighted by molar-refractivity contribution is 7.00. The van der Waals surface area contributed by atoms with Gasteiger partial charge in [-0.3, -0.25) is 9.80 Å². The summed E-state index contributed by atoms with van der Waals surface area (Å²) in [6.45, 7) is 7.63. The molecule has 6 rings (SSSR count). The van der Waals surface area contributed by atoms with E-state index in [1.54, 1.807) is 0 Å². The number of benzene rings is 1. The van der Waals surface area contributed by atoms with E-state index in [1.165, 1.54) is 54.6 Å². The molecule has 136 valence electrons. The van der Waals surface area contributed by atoms with Crippen molar-refractivity contribution in [1.29, 1.82) is 0 Å². The lowest BCUT2D eigenvalue weighted by Gasteiger charge is -2.36. The Morgan fingerprint density at radius 1 is 1.12 bits per heavy atom. The molecule has 2 aromatic heterocycles. The zero-order valence-corrected chi connectivity index (χ0v) is 15.9. The first-order valence-corrected chi connectivity index (χ1v) is 10.1. The summed E-state index contributed by atoms with van der Waals surface area (Å²) in [5, 5.41) is 0. The monoisotopic (exact) mass is 368 g/mol.